The molecule has 0 fully saturated rings. The fourth-order valence-corrected chi connectivity index (χ4v) is 1.71. The maximum Gasteiger partial charge on any atom is 0.0885 e. The first-order valence-corrected chi connectivity index (χ1v) is 5.16. The summed E-state index contributed by atoms with van der Waals surface area (Å²) in [4.78, 5) is 4.16. The highest BCUT2D eigenvalue weighted by Crippen LogP contribution is 2.26. The van der Waals surface area contributed by atoms with Crippen molar-refractivity contribution in [3.05, 3.63) is 35.4 Å². The van der Waals surface area contributed by atoms with E-state index in [-0.39, 0.29) is 25.0 Å². The highest BCUT2D eigenvalue weighted by molar-refractivity contribution is 5.32. The summed E-state index contributed by atoms with van der Waals surface area (Å²) in [5, 5.41) is 17.6. The van der Waals surface area contributed by atoms with Gasteiger partial charge in [0.2, 0.25) is 0 Å². The van der Waals surface area contributed by atoms with E-state index in [0.717, 1.165) is 11.1 Å². The summed E-state index contributed by atoms with van der Waals surface area (Å²) in [5.41, 5.74) is 2.23. The molecule has 0 bridgehead atoms. The van der Waals surface area contributed by atoms with Crippen LogP contribution in [0.1, 0.15) is 36.8 Å². The average Bonchev–Trinajstić information content (AvgIpc) is 2.28. The lowest BCUT2D eigenvalue weighted by Crippen LogP contribution is -2.09. The number of hydrogen-bond donors (Lipinski definition) is 2. The van der Waals surface area contributed by atoms with Crippen LogP contribution in [-0.2, 0) is 4.89 Å². The van der Waals surface area contributed by atoms with E-state index in [1.807, 2.05) is 38.1 Å². The van der Waals surface area contributed by atoms with Gasteiger partial charge in [-0.3, -0.25) is 5.26 Å². The number of benzene rings is 1. The third kappa shape index (κ3) is 3.02. The average molecular weight is 210 g/mol. The van der Waals surface area contributed by atoms with E-state index in [4.69, 9.17) is 10.4 Å². The van der Waals surface area contributed by atoms with Crippen LogP contribution in [0.4, 0.5) is 0 Å². The summed E-state index contributed by atoms with van der Waals surface area (Å²) >= 11 is 0. The predicted molar refractivity (Wildman–Crippen MR) is 58.9 cm³/mol. The maximum atomic E-state index is 9.14. The Labute approximate surface area is 90.3 Å². The Morgan fingerprint density at radius 3 is 2.13 bits per heavy atom. The first kappa shape index (κ1) is 12.2. The van der Waals surface area contributed by atoms with Crippen LogP contribution in [0.5, 0.6) is 0 Å². The zero-order chi connectivity index (χ0) is 11.3. The molecular weight excluding hydrogens is 192 g/mol. The normalized spacial score (nSPS) is 14.9. The standard InChI is InChI=1S/C12H18O3/c1-9(7-13)11-5-3-4-6-12(11)10(2)8-15-14/h3-6,9-10,13-14H,7-8H2,1-2H3. The van der Waals surface area contributed by atoms with Crippen LogP contribution in [0.2, 0.25) is 0 Å². The predicted octanol–water partition coefficient (Wildman–Crippen LogP) is 2.38. The molecule has 0 radical (unpaired) electrons. The summed E-state index contributed by atoms with van der Waals surface area (Å²) in [6, 6.07) is 7.92. The van der Waals surface area contributed by atoms with Gasteiger partial charge in [0.15, 0.2) is 0 Å². The minimum atomic E-state index is 0.113. The smallest absolute Gasteiger partial charge is 0.0885 e. The molecule has 15 heavy (non-hydrogen) atoms. The molecule has 2 atom stereocenters. The van der Waals surface area contributed by atoms with E-state index in [1.165, 1.54) is 0 Å². The van der Waals surface area contributed by atoms with Crippen molar-refractivity contribution in [3.8, 4) is 0 Å². The van der Waals surface area contributed by atoms with Crippen LogP contribution in [-0.4, -0.2) is 23.6 Å². The molecule has 0 saturated carbocycles. The highest BCUT2D eigenvalue weighted by Gasteiger charge is 2.14. The second kappa shape index (κ2) is 5.85. The SMILES string of the molecule is CC(CO)c1ccccc1C(C)COO. The molecule has 0 aliphatic carbocycles. The largest absolute Gasteiger partial charge is 0.396 e. The number of aliphatic hydroxyl groups excluding tert-OH is 1. The summed E-state index contributed by atoms with van der Waals surface area (Å²) in [6.07, 6.45) is 0. The van der Waals surface area contributed by atoms with Crippen molar-refractivity contribution in [2.24, 2.45) is 0 Å². The van der Waals surface area contributed by atoms with Crippen LogP contribution in [0, 0.1) is 0 Å². The van der Waals surface area contributed by atoms with Crippen LogP contribution < -0.4 is 0 Å². The summed E-state index contributed by atoms with van der Waals surface area (Å²) in [5.74, 6) is 0.238. The van der Waals surface area contributed by atoms with E-state index in [1.54, 1.807) is 0 Å². The molecule has 0 amide bonds. The Balaban J connectivity index is 2.95. The summed E-state index contributed by atoms with van der Waals surface area (Å²) < 4.78 is 0. The molecule has 0 aliphatic rings. The molecule has 0 aliphatic heterocycles. The molecule has 0 saturated heterocycles. The fourth-order valence-electron chi connectivity index (χ4n) is 1.71. The summed E-state index contributed by atoms with van der Waals surface area (Å²) in [6.45, 7) is 4.36. The van der Waals surface area contributed by atoms with Crippen molar-refractivity contribution in [2.75, 3.05) is 13.2 Å². The van der Waals surface area contributed by atoms with Gasteiger partial charge in [-0.2, -0.15) is 0 Å². The van der Waals surface area contributed by atoms with Gasteiger partial charge in [0.25, 0.3) is 0 Å². The Bertz CT molecular complexity index is 299. The highest BCUT2D eigenvalue weighted by atomic mass is 17.1. The minimum Gasteiger partial charge on any atom is -0.396 e. The lowest BCUT2D eigenvalue weighted by molar-refractivity contribution is -0.245. The molecule has 2 N–H and O–H groups in total. The van der Waals surface area contributed by atoms with Crippen LogP contribution in [0.25, 0.3) is 0 Å². The Morgan fingerprint density at radius 1 is 1.13 bits per heavy atom. The van der Waals surface area contributed by atoms with Gasteiger partial charge >= 0.3 is 0 Å². The molecule has 84 valence electrons. The molecule has 0 spiro atoms. The topological polar surface area (TPSA) is 49.7 Å². The zero-order valence-electron chi connectivity index (χ0n) is 9.18. The molecule has 1 aromatic rings. The van der Waals surface area contributed by atoms with E-state index in [0.29, 0.717) is 0 Å². The van der Waals surface area contributed by atoms with E-state index < -0.39 is 0 Å². The van der Waals surface area contributed by atoms with Gasteiger partial charge in [-0.1, -0.05) is 38.1 Å². The second-order valence-corrected chi connectivity index (χ2v) is 3.91. The van der Waals surface area contributed by atoms with Crippen molar-refractivity contribution in [1.29, 1.82) is 0 Å². The maximum absolute atomic E-state index is 9.14. The van der Waals surface area contributed by atoms with Crippen molar-refractivity contribution in [2.45, 2.75) is 25.7 Å². The first-order valence-electron chi connectivity index (χ1n) is 5.16. The summed E-state index contributed by atoms with van der Waals surface area (Å²) in [7, 11) is 0. The first-order chi connectivity index (χ1) is 7.20. The lowest BCUT2D eigenvalue weighted by Gasteiger charge is -2.18. The number of aliphatic hydroxyl groups is 1. The van der Waals surface area contributed by atoms with Crippen LogP contribution >= 0.6 is 0 Å². The second-order valence-electron chi connectivity index (χ2n) is 3.91. The van der Waals surface area contributed by atoms with Gasteiger partial charge in [0.1, 0.15) is 0 Å². The third-order valence-electron chi connectivity index (χ3n) is 2.66. The molecule has 3 heteroatoms. The van der Waals surface area contributed by atoms with Gasteiger partial charge < -0.3 is 5.11 Å². The molecular formula is C12H18O3. The molecule has 3 nitrogen and oxygen atoms in total. The Hall–Kier alpha value is -0.900. The Kier molecular flexibility index (Phi) is 4.75. The van der Waals surface area contributed by atoms with Crippen molar-refractivity contribution < 1.29 is 15.3 Å². The monoisotopic (exact) mass is 210 g/mol. The minimum absolute atomic E-state index is 0.113. The zero-order valence-corrected chi connectivity index (χ0v) is 9.18. The Morgan fingerprint density at radius 2 is 1.67 bits per heavy atom. The van der Waals surface area contributed by atoms with Gasteiger partial charge in [0, 0.05) is 18.4 Å². The van der Waals surface area contributed by atoms with E-state index in [2.05, 4.69) is 4.89 Å². The van der Waals surface area contributed by atoms with Gasteiger partial charge in [0.05, 0.1) is 6.61 Å². The van der Waals surface area contributed by atoms with Crippen LogP contribution in [0.3, 0.4) is 0 Å². The third-order valence-corrected chi connectivity index (χ3v) is 2.66. The molecule has 0 aromatic heterocycles. The van der Waals surface area contributed by atoms with Gasteiger partial charge in [-0.15, -0.1) is 0 Å². The van der Waals surface area contributed by atoms with Crippen molar-refractivity contribution in [1.82, 2.24) is 0 Å². The number of hydrogen-bond acceptors (Lipinski definition) is 3. The molecule has 1 aromatic carbocycles. The van der Waals surface area contributed by atoms with Gasteiger partial charge in [-0.05, 0) is 11.1 Å². The quantitative estimate of drug-likeness (QED) is 0.579. The van der Waals surface area contributed by atoms with E-state index >= 15 is 0 Å². The van der Waals surface area contributed by atoms with Gasteiger partial charge in [-0.25, -0.2) is 4.89 Å². The van der Waals surface area contributed by atoms with Crippen molar-refractivity contribution >= 4 is 0 Å². The van der Waals surface area contributed by atoms with E-state index in [9.17, 15) is 0 Å². The lowest BCUT2D eigenvalue weighted by atomic mass is 9.90. The fraction of sp³-hybridized carbons (Fsp3) is 0.500. The molecule has 1 rings (SSSR count). The molecule has 2 unspecified atom stereocenters. The number of rotatable bonds is 5. The van der Waals surface area contributed by atoms with Crippen LogP contribution in [0.15, 0.2) is 24.3 Å². The molecule has 0 heterocycles. The van der Waals surface area contributed by atoms with Crippen molar-refractivity contribution in [3.63, 3.8) is 0 Å².